The number of para-hydroxylation sites is 10. The summed E-state index contributed by atoms with van der Waals surface area (Å²) < 4.78 is 60.6. The fourth-order valence-electron chi connectivity index (χ4n) is 4.94. The zero-order valence-electron chi connectivity index (χ0n) is 25.9. The zero-order valence-corrected chi connectivity index (χ0v) is 25.9. The molecule has 47 heavy (non-hydrogen) atoms. The monoisotopic (exact) mass is 630 g/mol. The molecule has 0 heterocycles. The van der Waals surface area contributed by atoms with Crippen molar-refractivity contribution < 1.29 is 32.5 Å². The van der Waals surface area contributed by atoms with Crippen molar-refractivity contribution in [1.29, 1.82) is 0 Å². The average molecular weight is 631 g/mol. The predicted octanol–water partition coefficient (Wildman–Crippen LogP) is 12.1. The number of halogens is 2. The number of hydrogen-bond acceptors (Lipinski definition) is 5. The normalized spacial score (nSPS) is 10.7. The molecule has 0 unspecified atom stereocenters. The zero-order chi connectivity index (χ0) is 32.6. The molecule has 6 rings (SSSR count). The highest BCUT2D eigenvalue weighted by Gasteiger charge is 2.18. The standard InChI is InChI=1S/C40H32F2O5/c1-3-27-15-13-17-29(41)39(27)46-37-25-11-9-23-35(37)44-33-21-7-5-19-31(33)43-32-20-6-8-22-34(32)45-36-24-10-12-26-38(36)47-40-28(4-2)16-14-18-30(40)42/h5-26H,3-4H2,1-2H3. The first kappa shape index (κ1) is 31.2. The first-order chi connectivity index (χ1) is 23.0. The Labute approximate surface area is 272 Å². The molecule has 0 fully saturated rings. The minimum atomic E-state index is -0.453. The largest absolute Gasteiger partial charge is 0.450 e. The summed E-state index contributed by atoms with van der Waals surface area (Å²) in [6, 6.07) is 38.2. The Morgan fingerprint density at radius 2 is 0.596 bits per heavy atom. The molecule has 0 bridgehead atoms. The molecule has 0 N–H and O–H groups in total. The maximum atomic E-state index is 14.7. The smallest absolute Gasteiger partial charge is 0.170 e. The van der Waals surface area contributed by atoms with Crippen molar-refractivity contribution in [2.75, 3.05) is 0 Å². The summed E-state index contributed by atoms with van der Waals surface area (Å²) in [4.78, 5) is 0. The van der Waals surface area contributed by atoms with Crippen LogP contribution >= 0.6 is 0 Å². The summed E-state index contributed by atoms with van der Waals surface area (Å²) in [7, 11) is 0. The SMILES string of the molecule is CCc1cccc(F)c1Oc1ccccc1Oc1ccccc1Oc1ccccc1Oc1ccccc1Oc1c(F)cccc1CC. The Bertz CT molecular complexity index is 1850. The fourth-order valence-corrected chi connectivity index (χ4v) is 4.94. The quantitative estimate of drug-likeness (QED) is 0.135. The highest BCUT2D eigenvalue weighted by molar-refractivity contribution is 5.54. The van der Waals surface area contributed by atoms with Gasteiger partial charge in [0.05, 0.1) is 0 Å². The van der Waals surface area contributed by atoms with Crippen molar-refractivity contribution >= 4 is 0 Å². The second kappa shape index (κ2) is 14.5. The fraction of sp³-hybridized carbons (Fsp3) is 0.100. The van der Waals surface area contributed by atoms with Crippen LogP contribution in [0, 0.1) is 11.6 Å². The Balaban J connectivity index is 1.26. The molecule has 0 aliphatic rings. The van der Waals surface area contributed by atoms with Crippen LogP contribution in [-0.4, -0.2) is 0 Å². The molecule has 5 nitrogen and oxygen atoms in total. The lowest BCUT2D eigenvalue weighted by Gasteiger charge is -2.18. The van der Waals surface area contributed by atoms with Crippen molar-refractivity contribution in [3.05, 3.63) is 156 Å². The molecular formula is C40H32F2O5. The molecule has 0 radical (unpaired) electrons. The molecule has 0 atom stereocenters. The van der Waals surface area contributed by atoms with Gasteiger partial charge in [0, 0.05) is 0 Å². The van der Waals surface area contributed by atoms with Crippen molar-refractivity contribution in [2.24, 2.45) is 0 Å². The summed E-state index contributed by atoms with van der Waals surface area (Å²) in [6.45, 7) is 3.88. The van der Waals surface area contributed by atoms with E-state index in [4.69, 9.17) is 23.7 Å². The van der Waals surface area contributed by atoms with Crippen LogP contribution in [0.15, 0.2) is 133 Å². The van der Waals surface area contributed by atoms with E-state index >= 15 is 0 Å². The van der Waals surface area contributed by atoms with Gasteiger partial charge in [0.25, 0.3) is 0 Å². The summed E-state index contributed by atoms with van der Waals surface area (Å²) in [5, 5.41) is 0. The van der Waals surface area contributed by atoms with E-state index in [9.17, 15) is 8.78 Å². The maximum absolute atomic E-state index is 14.7. The minimum absolute atomic E-state index is 0.159. The second-order valence-corrected chi connectivity index (χ2v) is 10.5. The lowest BCUT2D eigenvalue weighted by molar-refractivity contribution is 0.369. The van der Waals surface area contributed by atoms with E-state index in [2.05, 4.69) is 0 Å². The van der Waals surface area contributed by atoms with Gasteiger partial charge in [0.15, 0.2) is 69.1 Å². The van der Waals surface area contributed by atoms with E-state index < -0.39 is 11.6 Å². The number of hydrogen-bond donors (Lipinski definition) is 0. The highest BCUT2D eigenvalue weighted by Crippen LogP contribution is 2.44. The third-order valence-corrected chi connectivity index (χ3v) is 7.34. The van der Waals surface area contributed by atoms with Crippen molar-refractivity contribution in [3.63, 3.8) is 0 Å². The number of benzene rings is 6. The number of rotatable bonds is 12. The maximum Gasteiger partial charge on any atom is 0.170 e. The van der Waals surface area contributed by atoms with Crippen molar-refractivity contribution in [3.8, 4) is 57.5 Å². The van der Waals surface area contributed by atoms with Crippen LogP contribution in [0.25, 0.3) is 0 Å². The van der Waals surface area contributed by atoms with E-state index in [0.717, 1.165) is 11.1 Å². The summed E-state index contributed by atoms with van der Waals surface area (Å²) in [5.74, 6) is 2.48. The van der Waals surface area contributed by atoms with E-state index in [-0.39, 0.29) is 11.5 Å². The van der Waals surface area contributed by atoms with Gasteiger partial charge in [0.1, 0.15) is 0 Å². The number of ether oxygens (including phenoxy) is 5. The van der Waals surface area contributed by atoms with Crippen LogP contribution in [0.2, 0.25) is 0 Å². The lowest BCUT2D eigenvalue weighted by Crippen LogP contribution is -1.98. The number of aryl methyl sites for hydroxylation is 2. The third-order valence-electron chi connectivity index (χ3n) is 7.34. The van der Waals surface area contributed by atoms with Gasteiger partial charge < -0.3 is 23.7 Å². The van der Waals surface area contributed by atoms with Crippen LogP contribution in [0.3, 0.4) is 0 Å². The summed E-state index contributed by atoms with van der Waals surface area (Å²) >= 11 is 0. The summed E-state index contributed by atoms with van der Waals surface area (Å²) in [5.41, 5.74) is 1.48. The van der Waals surface area contributed by atoms with Crippen LogP contribution < -0.4 is 23.7 Å². The van der Waals surface area contributed by atoms with E-state index in [1.807, 2.05) is 50.2 Å². The van der Waals surface area contributed by atoms with Gasteiger partial charge in [0.2, 0.25) is 0 Å². The minimum Gasteiger partial charge on any atom is -0.450 e. The molecule has 0 spiro atoms. The molecule has 7 heteroatoms. The Morgan fingerprint density at radius 1 is 0.340 bits per heavy atom. The molecule has 0 saturated heterocycles. The van der Waals surface area contributed by atoms with Crippen molar-refractivity contribution in [1.82, 2.24) is 0 Å². The molecule has 0 aromatic heterocycles. The predicted molar refractivity (Wildman–Crippen MR) is 178 cm³/mol. The summed E-state index contributed by atoms with van der Waals surface area (Å²) in [6.07, 6.45) is 1.21. The average Bonchev–Trinajstić information content (AvgIpc) is 3.09. The van der Waals surface area contributed by atoms with Gasteiger partial charge in [-0.3, -0.25) is 0 Å². The molecule has 6 aromatic carbocycles. The lowest BCUT2D eigenvalue weighted by atomic mass is 10.1. The molecule has 0 aliphatic carbocycles. The first-order valence-electron chi connectivity index (χ1n) is 15.3. The molecule has 0 aliphatic heterocycles. The van der Waals surface area contributed by atoms with Crippen molar-refractivity contribution in [2.45, 2.75) is 26.7 Å². The molecular weight excluding hydrogens is 598 g/mol. The van der Waals surface area contributed by atoms with Gasteiger partial charge in [-0.1, -0.05) is 86.6 Å². The van der Waals surface area contributed by atoms with Gasteiger partial charge in [-0.2, -0.15) is 0 Å². The Hall–Kier alpha value is -5.82. The van der Waals surface area contributed by atoms with Gasteiger partial charge in [-0.15, -0.1) is 0 Å². The van der Waals surface area contributed by atoms with Gasteiger partial charge in [-0.25, -0.2) is 8.78 Å². The molecule has 6 aromatic rings. The Kier molecular flexibility index (Phi) is 9.63. The van der Waals surface area contributed by atoms with Crippen LogP contribution in [0.5, 0.6) is 57.5 Å². The highest BCUT2D eigenvalue weighted by atomic mass is 19.1. The third kappa shape index (κ3) is 7.20. The van der Waals surface area contributed by atoms with E-state index in [1.54, 1.807) is 84.9 Å². The molecule has 0 amide bonds. The Morgan fingerprint density at radius 3 is 0.851 bits per heavy atom. The second-order valence-electron chi connectivity index (χ2n) is 10.5. The van der Waals surface area contributed by atoms with Crippen LogP contribution in [0.1, 0.15) is 25.0 Å². The van der Waals surface area contributed by atoms with E-state index in [0.29, 0.717) is 58.8 Å². The van der Waals surface area contributed by atoms with Gasteiger partial charge >= 0.3 is 0 Å². The topological polar surface area (TPSA) is 46.2 Å². The molecule has 236 valence electrons. The van der Waals surface area contributed by atoms with Crippen LogP contribution in [0.4, 0.5) is 8.78 Å². The van der Waals surface area contributed by atoms with E-state index in [1.165, 1.54) is 12.1 Å². The van der Waals surface area contributed by atoms with Crippen LogP contribution in [-0.2, 0) is 12.8 Å². The first-order valence-corrected chi connectivity index (χ1v) is 15.3. The molecule has 0 saturated carbocycles. The van der Waals surface area contributed by atoms with Gasteiger partial charge in [-0.05, 0) is 84.6 Å².